The van der Waals surface area contributed by atoms with Gasteiger partial charge in [0.1, 0.15) is 17.4 Å². The fraction of sp³-hybridized carbons (Fsp3) is 0.368. The number of allylic oxidation sites excluding steroid dienone is 2. The topological polar surface area (TPSA) is 83.1 Å². The number of ether oxygens (including phenoxy) is 4. The third-order valence-corrected chi connectivity index (χ3v) is 3.97. The van der Waals surface area contributed by atoms with Crippen molar-refractivity contribution in [2.75, 3.05) is 13.2 Å². The molecule has 0 amide bonds. The van der Waals surface area contributed by atoms with Crippen LogP contribution in [-0.4, -0.2) is 25.5 Å². The molecule has 7 nitrogen and oxygen atoms in total. The Balaban J connectivity index is 2.49. The van der Waals surface area contributed by atoms with Crippen molar-refractivity contribution < 1.29 is 28.5 Å². The second kappa shape index (κ2) is 9.32. The summed E-state index contributed by atoms with van der Waals surface area (Å²) < 4.78 is 20.6. The predicted molar refractivity (Wildman–Crippen MR) is 98.9 cm³/mol. The van der Waals surface area contributed by atoms with Crippen LogP contribution < -0.4 is 5.32 Å². The molecule has 0 spiro atoms. The maximum Gasteiger partial charge on any atom is 0.513 e. The van der Waals surface area contributed by atoms with E-state index in [9.17, 15) is 9.59 Å². The molecule has 0 aliphatic carbocycles. The van der Waals surface area contributed by atoms with Crippen molar-refractivity contribution in [1.29, 1.82) is 0 Å². The standard InChI is InChI=1S/C19H22ClNO6/c1-5-24-18(22)26-16-11(3)21-12(4)17(27-19(23)25-6-2)15(16)13-8-7-9-14(20)10-13/h7-10,15,21H,5-6H2,1-4H3. The number of halogens is 1. The predicted octanol–water partition coefficient (Wildman–Crippen LogP) is 4.84. The Bertz CT molecular complexity index is 744. The van der Waals surface area contributed by atoms with Crippen LogP contribution in [0.4, 0.5) is 9.59 Å². The number of rotatable bonds is 5. The van der Waals surface area contributed by atoms with Crippen LogP contribution in [0, 0.1) is 0 Å². The Morgan fingerprint density at radius 1 is 1.00 bits per heavy atom. The minimum Gasteiger partial charge on any atom is -0.434 e. The second-order valence-electron chi connectivity index (χ2n) is 5.66. The molecule has 0 saturated carbocycles. The number of hydrogen-bond acceptors (Lipinski definition) is 7. The van der Waals surface area contributed by atoms with Crippen LogP contribution in [-0.2, 0) is 18.9 Å². The minimum absolute atomic E-state index is 0.168. The number of dihydropyridines is 1. The van der Waals surface area contributed by atoms with E-state index in [0.29, 0.717) is 22.0 Å². The Morgan fingerprint density at radius 3 is 1.96 bits per heavy atom. The van der Waals surface area contributed by atoms with E-state index in [1.54, 1.807) is 52.0 Å². The number of nitrogens with one attached hydrogen (secondary N) is 1. The largest absolute Gasteiger partial charge is 0.513 e. The molecule has 1 aliphatic heterocycles. The lowest BCUT2D eigenvalue weighted by Crippen LogP contribution is -2.29. The SMILES string of the molecule is CCOC(=O)OC1=C(C)NC(C)=C(OC(=O)OCC)C1c1cccc(Cl)c1. The van der Waals surface area contributed by atoms with Gasteiger partial charge in [-0.1, -0.05) is 23.7 Å². The van der Waals surface area contributed by atoms with Crippen LogP contribution in [0.25, 0.3) is 0 Å². The van der Waals surface area contributed by atoms with Gasteiger partial charge in [-0.3, -0.25) is 0 Å². The molecule has 0 unspecified atom stereocenters. The molecule has 0 bridgehead atoms. The van der Waals surface area contributed by atoms with Gasteiger partial charge in [-0.15, -0.1) is 0 Å². The number of benzene rings is 1. The van der Waals surface area contributed by atoms with Crippen LogP contribution in [0.1, 0.15) is 39.2 Å². The van der Waals surface area contributed by atoms with Crippen LogP contribution in [0.15, 0.2) is 47.2 Å². The van der Waals surface area contributed by atoms with Gasteiger partial charge in [0.05, 0.1) is 24.6 Å². The van der Waals surface area contributed by atoms with E-state index in [1.807, 2.05) is 0 Å². The van der Waals surface area contributed by atoms with Gasteiger partial charge < -0.3 is 24.3 Å². The quantitative estimate of drug-likeness (QED) is 0.714. The molecule has 2 rings (SSSR count). The number of carbonyl (C=O) groups excluding carboxylic acids is 2. The highest BCUT2D eigenvalue weighted by Crippen LogP contribution is 2.40. The average Bonchev–Trinajstić information content (AvgIpc) is 2.59. The van der Waals surface area contributed by atoms with Gasteiger partial charge in [-0.05, 0) is 45.4 Å². The molecule has 0 fully saturated rings. The van der Waals surface area contributed by atoms with Crippen LogP contribution in [0.2, 0.25) is 5.02 Å². The zero-order valence-corrected chi connectivity index (χ0v) is 16.4. The highest BCUT2D eigenvalue weighted by Gasteiger charge is 2.35. The van der Waals surface area contributed by atoms with Gasteiger partial charge in [0.15, 0.2) is 0 Å². The average molecular weight is 396 g/mol. The van der Waals surface area contributed by atoms with E-state index >= 15 is 0 Å². The summed E-state index contributed by atoms with van der Waals surface area (Å²) in [5.74, 6) is -0.181. The van der Waals surface area contributed by atoms with Crippen molar-refractivity contribution in [1.82, 2.24) is 5.32 Å². The molecule has 27 heavy (non-hydrogen) atoms. The van der Waals surface area contributed by atoms with E-state index in [2.05, 4.69) is 5.32 Å². The van der Waals surface area contributed by atoms with Gasteiger partial charge in [0.25, 0.3) is 0 Å². The molecule has 0 saturated heterocycles. The molecule has 8 heteroatoms. The summed E-state index contributed by atoms with van der Waals surface area (Å²) in [5, 5.41) is 3.54. The highest BCUT2D eigenvalue weighted by atomic mass is 35.5. The van der Waals surface area contributed by atoms with Crippen molar-refractivity contribution in [2.45, 2.75) is 33.6 Å². The molecule has 1 aromatic rings. The van der Waals surface area contributed by atoms with Crippen molar-refractivity contribution in [2.24, 2.45) is 0 Å². The van der Waals surface area contributed by atoms with Crippen LogP contribution in [0.3, 0.4) is 0 Å². The van der Waals surface area contributed by atoms with Gasteiger partial charge in [-0.2, -0.15) is 0 Å². The first-order chi connectivity index (χ1) is 12.9. The molecular formula is C19H22ClNO6. The lowest BCUT2D eigenvalue weighted by molar-refractivity contribution is 0.0648. The van der Waals surface area contributed by atoms with Gasteiger partial charge >= 0.3 is 12.3 Å². The smallest absolute Gasteiger partial charge is 0.434 e. The zero-order valence-electron chi connectivity index (χ0n) is 15.6. The number of carbonyl (C=O) groups is 2. The Morgan fingerprint density at radius 2 is 1.52 bits per heavy atom. The molecule has 1 aliphatic rings. The summed E-state index contributed by atoms with van der Waals surface area (Å²) in [6, 6.07) is 6.98. The van der Waals surface area contributed by atoms with E-state index in [-0.39, 0.29) is 24.7 Å². The van der Waals surface area contributed by atoms with Crippen molar-refractivity contribution in [3.05, 3.63) is 57.8 Å². The van der Waals surface area contributed by atoms with Crippen molar-refractivity contribution >= 4 is 23.9 Å². The van der Waals surface area contributed by atoms with Crippen LogP contribution >= 0.6 is 11.6 Å². The first-order valence-corrected chi connectivity index (χ1v) is 8.88. The Hall–Kier alpha value is -2.67. The lowest BCUT2D eigenvalue weighted by Gasteiger charge is -2.30. The van der Waals surface area contributed by atoms with Gasteiger partial charge in [-0.25, -0.2) is 9.59 Å². The maximum absolute atomic E-state index is 11.9. The molecule has 0 aromatic heterocycles. The van der Waals surface area contributed by atoms with E-state index in [1.165, 1.54) is 0 Å². The van der Waals surface area contributed by atoms with E-state index in [4.69, 9.17) is 30.5 Å². The monoisotopic (exact) mass is 395 g/mol. The summed E-state index contributed by atoms with van der Waals surface area (Å²) in [6.45, 7) is 7.18. The third-order valence-electron chi connectivity index (χ3n) is 3.73. The highest BCUT2D eigenvalue weighted by molar-refractivity contribution is 6.30. The van der Waals surface area contributed by atoms with E-state index in [0.717, 1.165) is 0 Å². The molecule has 1 heterocycles. The third kappa shape index (κ3) is 5.17. The zero-order chi connectivity index (χ0) is 20.0. The first kappa shape index (κ1) is 20.6. The van der Waals surface area contributed by atoms with Gasteiger partial charge in [0.2, 0.25) is 0 Å². The summed E-state index contributed by atoms with van der Waals surface area (Å²) in [4.78, 5) is 23.9. The Labute approximate surface area is 162 Å². The maximum atomic E-state index is 11.9. The van der Waals surface area contributed by atoms with Crippen LogP contribution in [0.5, 0.6) is 0 Å². The van der Waals surface area contributed by atoms with Crippen molar-refractivity contribution in [3.63, 3.8) is 0 Å². The number of hydrogen-bond donors (Lipinski definition) is 1. The Kier molecular flexibility index (Phi) is 7.12. The minimum atomic E-state index is -0.851. The van der Waals surface area contributed by atoms with E-state index < -0.39 is 18.2 Å². The second-order valence-corrected chi connectivity index (χ2v) is 6.10. The normalized spacial score (nSPS) is 14.6. The summed E-state index contributed by atoms with van der Waals surface area (Å²) in [6.07, 6.45) is -1.70. The molecule has 0 radical (unpaired) electrons. The summed E-state index contributed by atoms with van der Waals surface area (Å²) in [5.41, 5.74) is 1.85. The summed E-state index contributed by atoms with van der Waals surface area (Å²) >= 11 is 6.13. The molecule has 146 valence electrons. The fourth-order valence-electron chi connectivity index (χ4n) is 2.69. The molecule has 1 N–H and O–H groups in total. The van der Waals surface area contributed by atoms with Gasteiger partial charge in [0, 0.05) is 5.02 Å². The molecule has 0 atom stereocenters. The molecule has 1 aromatic carbocycles. The lowest BCUT2D eigenvalue weighted by atomic mass is 9.90. The first-order valence-electron chi connectivity index (χ1n) is 8.50. The summed E-state index contributed by atoms with van der Waals surface area (Å²) in [7, 11) is 0. The molecular weight excluding hydrogens is 374 g/mol. The van der Waals surface area contributed by atoms with Crippen molar-refractivity contribution in [3.8, 4) is 0 Å². The fourth-order valence-corrected chi connectivity index (χ4v) is 2.89.